The van der Waals surface area contributed by atoms with Gasteiger partial charge in [-0.3, -0.25) is 9.78 Å². The summed E-state index contributed by atoms with van der Waals surface area (Å²) >= 11 is 0. The number of pyridine rings is 2. The molecule has 0 fully saturated rings. The number of carbonyl (C=O) groups excluding carboxylic acids is 1. The number of anilines is 1. The Labute approximate surface area is 192 Å². The Morgan fingerprint density at radius 1 is 1.12 bits per heavy atom. The van der Waals surface area contributed by atoms with Crippen LogP contribution in [0.5, 0.6) is 0 Å². The molecule has 0 bridgehead atoms. The lowest BCUT2D eigenvalue weighted by atomic mass is 10.0. The number of nitrogens with one attached hydrogen (secondary N) is 1. The third-order valence-corrected chi connectivity index (χ3v) is 5.03. The first-order valence-corrected chi connectivity index (χ1v) is 10.1. The number of carbonyl (C=O) groups is 1. The molecule has 0 aliphatic carbocycles. The Balaban J connectivity index is 1.59. The van der Waals surface area contributed by atoms with Crippen molar-refractivity contribution in [1.29, 1.82) is 5.26 Å². The summed E-state index contributed by atoms with van der Waals surface area (Å²) in [6, 6.07) is 15.7. The molecule has 1 unspecified atom stereocenters. The van der Waals surface area contributed by atoms with Crippen LogP contribution in [0.25, 0.3) is 16.9 Å². The first-order chi connectivity index (χ1) is 16.3. The van der Waals surface area contributed by atoms with Gasteiger partial charge in [0.05, 0.1) is 29.6 Å². The van der Waals surface area contributed by atoms with Crippen LogP contribution < -0.4 is 5.32 Å². The number of amides is 1. The smallest absolute Gasteiger partial charge is 0.307 e. The minimum absolute atomic E-state index is 0.0744. The molecule has 0 saturated carbocycles. The predicted octanol–water partition coefficient (Wildman–Crippen LogP) is 5.23. The maximum atomic E-state index is 13.6. The number of alkyl halides is 3. The first kappa shape index (κ1) is 22.7. The van der Waals surface area contributed by atoms with Crippen molar-refractivity contribution < 1.29 is 18.0 Å². The number of rotatable bonds is 5. The summed E-state index contributed by atoms with van der Waals surface area (Å²) in [6.45, 7) is 1.72. The van der Waals surface area contributed by atoms with Crippen LogP contribution in [0.15, 0.2) is 73.2 Å². The Bertz CT molecular complexity index is 1360. The molecular weight excluding hydrogens is 445 g/mol. The second kappa shape index (κ2) is 9.15. The summed E-state index contributed by atoms with van der Waals surface area (Å²) < 4.78 is 41.7. The van der Waals surface area contributed by atoms with E-state index in [2.05, 4.69) is 26.5 Å². The molecular formula is C24H17F3N6O. The van der Waals surface area contributed by atoms with Gasteiger partial charge in [-0.2, -0.15) is 23.5 Å². The lowest BCUT2D eigenvalue weighted by molar-refractivity contribution is -0.142. The van der Waals surface area contributed by atoms with E-state index in [0.717, 1.165) is 10.7 Å². The zero-order valence-electron chi connectivity index (χ0n) is 17.8. The maximum absolute atomic E-state index is 13.6. The summed E-state index contributed by atoms with van der Waals surface area (Å²) in [7, 11) is 0. The Kier molecular flexibility index (Phi) is 6.10. The van der Waals surface area contributed by atoms with E-state index in [1.165, 1.54) is 30.7 Å². The van der Waals surface area contributed by atoms with Gasteiger partial charge in [0, 0.05) is 23.5 Å². The summed E-state index contributed by atoms with van der Waals surface area (Å²) in [5, 5.41) is 15.8. The minimum atomic E-state index is -4.65. The van der Waals surface area contributed by atoms with Crippen molar-refractivity contribution in [2.24, 2.45) is 0 Å². The zero-order valence-corrected chi connectivity index (χ0v) is 17.8. The highest BCUT2D eigenvalue weighted by atomic mass is 19.4. The molecule has 0 radical (unpaired) electrons. The lowest BCUT2D eigenvalue weighted by Crippen LogP contribution is -2.15. The van der Waals surface area contributed by atoms with Crippen LogP contribution in [0.3, 0.4) is 0 Å². The van der Waals surface area contributed by atoms with Gasteiger partial charge in [0.25, 0.3) is 5.91 Å². The number of hydrogen-bond donors (Lipinski definition) is 1. The van der Waals surface area contributed by atoms with Gasteiger partial charge in [-0.25, -0.2) is 9.67 Å². The average molecular weight is 462 g/mol. The molecule has 4 rings (SSSR count). The van der Waals surface area contributed by atoms with Crippen molar-refractivity contribution in [3.05, 3.63) is 90.0 Å². The van der Waals surface area contributed by atoms with Gasteiger partial charge in [-0.15, -0.1) is 0 Å². The fourth-order valence-corrected chi connectivity index (χ4v) is 3.23. The molecule has 0 aliphatic rings. The standard InChI is InChI=1S/C24H17F3N6O/c1-15(12-28)16-4-2-5-17(10-16)23(34)31-22-8-7-19(14-30-22)33-21(24(25,26)27)11-20(32-33)18-6-3-9-29-13-18/h2-11,13-15H,1H3,(H,30,31,34). The maximum Gasteiger partial charge on any atom is 0.433 e. The number of benzene rings is 1. The van der Waals surface area contributed by atoms with Crippen LogP contribution in [0.1, 0.15) is 34.5 Å². The molecule has 3 heterocycles. The van der Waals surface area contributed by atoms with Gasteiger partial charge in [-0.1, -0.05) is 12.1 Å². The number of nitriles is 1. The van der Waals surface area contributed by atoms with Gasteiger partial charge in [0.1, 0.15) is 11.5 Å². The summed E-state index contributed by atoms with van der Waals surface area (Å²) in [5.74, 6) is -0.680. The van der Waals surface area contributed by atoms with Crippen LogP contribution in [0.4, 0.5) is 19.0 Å². The Hall–Kier alpha value is -4.52. The van der Waals surface area contributed by atoms with Gasteiger partial charge >= 0.3 is 6.18 Å². The topological polar surface area (TPSA) is 96.5 Å². The van der Waals surface area contributed by atoms with Gasteiger partial charge in [0.2, 0.25) is 0 Å². The van der Waals surface area contributed by atoms with Crippen molar-refractivity contribution in [2.75, 3.05) is 5.32 Å². The summed E-state index contributed by atoms with van der Waals surface area (Å²) in [5.41, 5.74) is 0.693. The van der Waals surface area contributed by atoms with E-state index in [0.29, 0.717) is 16.7 Å². The van der Waals surface area contributed by atoms with E-state index in [1.54, 1.807) is 43.3 Å². The quantitative estimate of drug-likeness (QED) is 0.438. The molecule has 10 heteroatoms. The normalized spacial score (nSPS) is 12.1. The number of halogens is 3. The van der Waals surface area contributed by atoms with E-state index >= 15 is 0 Å². The van der Waals surface area contributed by atoms with Gasteiger partial charge < -0.3 is 5.32 Å². The minimum Gasteiger partial charge on any atom is -0.307 e. The Morgan fingerprint density at radius 2 is 1.94 bits per heavy atom. The van der Waals surface area contributed by atoms with Crippen molar-refractivity contribution in [1.82, 2.24) is 19.7 Å². The molecule has 0 saturated heterocycles. The molecule has 0 spiro atoms. The molecule has 34 heavy (non-hydrogen) atoms. The second-order valence-corrected chi connectivity index (χ2v) is 7.40. The Morgan fingerprint density at radius 3 is 2.59 bits per heavy atom. The SMILES string of the molecule is CC(C#N)c1cccc(C(=O)Nc2ccc(-n3nc(-c4cccnc4)cc3C(F)(F)F)cn2)c1. The average Bonchev–Trinajstić information content (AvgIpc) is 3.31. The van der Waals surface area contributed by atoms with Crippen molar-refractivity contribution in [3.8, 4) is 23.0 Å². The number of nitrogens with zero attached hydrogens (tertiary/aromatic N) is 5. The monoisotopic (exact) mass is 462 g/mol. The highest BCUT2D eigenvalue weighted by molar-refractivity contribution is 6.03. The first-order valence-electron chi connectivity index (χ1n) is 10.1. The van der Waals surface area contributed by atoms with E-state index in [9.17, 15) is 18.0 Å². The third kappa shape index (κ3) is 4.78. The summed E-state index contributed by atoms with van der Waals surface area (Å²) in [4.78, 5) is 20.6. The van der Waals surface area contributed by atoms with Crippen LogP contribution in [0, 0.1) is 11.3 Å². The van der Waals surface area contributed by atoms with Gasteiger partial charge in [0.15, 0.2) is 0 Å². The molecule has 1 N–H and O–H groups in total. The van der Waals surface area contributed by atoms with E-state index in [1.807, 2.05) is 0 Å². The summed E-state index contributed by atoms with van der Waals surface area (Å²) in [6.07, 6.45) is -0.510. The molecule has 1 amide bonds. The molecule has 4 aromatic rings. The predicted molar refractivity (Wildman–Crippen MR) is 118 cm³/mol. The van der Waals surface area contributed by atoms with Crippen LogP contribution >= 0.6 is 0 Å². The van der Waals surface area contributed by atoms with Crippen LogP contribution in [0.2, 0.25) is 0 Å². The van der Waals surface area contributed by atoms with E-state index in [4.69, 9.17) is 5.26 Å². The van der Waals surface area contributed by atoms with E-state index in [-0.39, 0.29) is 23.1 Å². The van der Waals surface area contributed by atoms with Crippen molar-refractivity contribution >= 4 is 11.7 Å². The fraction of sp³-hybridized carbons (Fsp3) is 0.125. The fourth-order valence-electron chi connectivity index (χ4n) is 3.23. The third-order valence-electron chi connectivity index (χ3n) is 5.03. The van der Waals surface area contributed by atoms with Crippen molar-refractivity contribution in [2.45, 2.75) is 19.0 Å². The lowest BCUT2D eigenvalue weighted by Gasteiger charge is -2.11. The van der Waals surface area contributed by atoms with Gasteiger partial charge in [-0.05, 0) is 55.0 Å². The van der Waals surface area contributed by atoms with Crippen LogP contribution in [-0.4, -0.2) is 25.7 Å². The molecule has 0 aliphatic heterocycles. The van der Waals surface area contributed by atoms with E-state index < -0.39 is 17.8 Å². The molecule has 1 atom stereocenters. The second-order valence-electron chi connectivity index (χ2n) is 7.40. The number of hydrogen-bond acceptors (Lipinski definition) is 5. The molecule has 170 valence electrons. The highest BCUT2D eigenvalue weighted by Gasteiger charge is 2.36. The van der Waals surface area contributed by atoms with Crippen molar-refractivity contribution in [3.63, 3.8) is 0 Å². The molecule has 3 aromatic heterocycles. The zero-order chi connectivity index (χ0) is 24.3. The van der Waals surface area contributed by atoms with Crippen LogP contribution in [-0.2, 0) is 6.18 Å². The highest BCUT2D eigenvalue weighted by Crippen LogP contribution is 2.34. The number of aromatic nitrogens is 4. The largest absolute Gasteiger partial charge is 0.433 e. The molecule has 1 aromatic carbocycles. The molecule has 7 nitrogen and oxygen atoms in total.